The molecule has 3 heterocycles. The van der Waals surface area contributed by atoms with Crippen molar-refractivity contribution in [3.63, 3.8) is 0 Å². The van der Waals surface area contributed by atoms with Crippen LogP contribution in [0.2, 0.25) is 5.02 Å². The summed E-state index contributed by atoms with van der Waals surface area (Å²) in [7, 11) is 0. The summed E-state index contributed by atoms with van der Waals surface area (Å²) in [6.45, 7) is 1.78. The lowest BCUT2D eigenvalue weighted by Gasteiger charge is -2.11. The molecule has 7 nitrogen and oxygen atoms in total. The second-order valence-corrected chi connectivity index (χ2v) is 8.46. The van der Waals surface area contributed by atoms with Crippen molar-refractivity contribution in [1.82, 2.24) is 24.7 Å². The van der Waals surface area contributed by atoms with Gasteiger partial charge in [-0.3, -0.25) is 0 Å². The number of alkyl halides is 3. The maximum Gasteiger partial charge on any atom is 0.416 e. The molecule has 28 heavy (non-hydrogen) atoms. The first-order chi connectivity index (χ1) is 13.2. The summed E-state index contributed by atoms with van der Waals surface area (Å²) in [5.74, 6) is 0.520. The van der Waals surface area contributed by atoms with Crippen molar-refractivity contribution in [2.45, 2.75) is 19.1 Å². The Kier molecular flexibility index (Phi) is 4.79. The average molecular weight is 494 g/mol. The van der Waals surface area contributed by atoms with Crippen molar-refractivity contribution < 1.29 is 17.6 Å². The lowest BCUT2D eigenvalue weighted by atomic mass is 10.2. The molecule has 0 aliphatic carbocycles. The van der Waals surface area contributed by atoms with Gasteiger partial charge in [0.25, 0.3) is 6.01 Å². The smallest absolute Gasteiger partial charge is 0.416 e. The number of hydrogen-bond donors (Lipinski definition) is 1. The predicted octanol–water partition coefficient (Wildman–Crippen LogP) is 5.47. The highest BCUT2D eigenvalue weighted by Crippen LogP contribution is 2.36. The number of fused-ring (bicyclic) bond motifs is 1. The third-order valence-electron chi connectivity index (χ3n) is 3.72. The minimum absolute atomic E-state index is 0.000143. The maximum atomic E-state index is 12.9. The second-order valence-electron chi connectivity index (χ2n) is 5.67. The van der Waals surface area contributed by atoms with Gasteiger partial charge in [-0.1, -0.05) is 22.9 Å². The summed E-state index contributed by atoms with van der Waals surface area (Å²) in [5, 5.41) is 7.54. The van der Waals surface area contributed by atoms with E-state index >= 15 is 0 Å². The number of anilines is 1. The van der Waals surface area contributed by atoms with Crippen LogP contribution in [0.15, 0.2) is 32.9 Å². The van der Waals surface area contributed by atoms with Crippen molar-refractivity contribution in [1.29, 1.82) is 0 Å². The van der Waals surface area contributed by atoms with E-state index < -0.39 is 17.8 Å². The number of benzene rings is 1. The van der Waals surface area contributed by atoms with Gasteiger partial charge in [-0.2, -0.15) is 27.9 Å². The largest absolute Gasteiger partial charge is 0.422 e. The Morgan fingerprint density at radius 2 is 2.11 bits per heavy atom. The van der Waals surface area contributed by atoms with Crippen molar-refractivity contribution in [2.75, 3.05) is 5.32 Å². The number of oxazole rings is 1. The summed E-state index contributed by atoms with van der Waals surface area (Å²) in [6.07, 6.45) is -1.51. The number of halogens is 5. The van der Waals surface area contributed by atoms with Gasteiger partial charge < -0.3 is 9.73 Å². The molecule has 0 saturated heterocycles. The van der Waals surface area contributed by atoms with Crippen LogP contribution in [0, 0.1) is 0 Å². The maximum absolute atomic E-state index is 12.9. The quantitative estimate of drug-likeness (QED) is 0.406. The van der Waals surface area contributed by atoms with Crippen molar-refractivity contribution in [3.8, 4) is 5.13 Å². The molecule has 13 heteroatoms. The van der Waals surface area contributed by atoms with E-state index in [4.69, 9.17) is 16.0 Å². The van der Waals surface area contributed by atoms with E-state index in [1.54, 1.807) is 17.8 Å². The lowest BCUT2D eigenvalue weighted by Crippen LogP contribution is -2.13. The van der Waals surface area contributed by atoms with Gasteiger partial charge in [0.05, 0.1) is 26.6 Å². The molecule has 4 rings (SSSR count). The average Bonchev–Trinajstić information content (AvgIpc) is 3.32. The van der Waals surface area contributed by atoms with Crippen LogP contribution in [0.4, 0.5) is 19.2 Å². The van der Waals surface area contributed by atoms with E-state index in [2.05, 4.69) is 41.3 Å². The first-order valence-electron chi connectivity index (χ1n) is 7.68. The van der Waals surface area contributed by atoms with Gasteiger partial charge in [0, 0.05) is 0 Å². The zero-order chi connectivity index (χ0) is 20.1. The summed E-state index contributed by atoms with van der Waals surface area (Å²) in [4.78, 5) is 12.5. The standard InChI is InChI=1S/C15H9BrClF3N6OS/c1-6(12-22-5-23-26(12)14-21-4-10(16)28-14)24-13-25-9-3-7(15(18,19)20)2-8(17)11(9)27-13/h2-6H,1H3,(H,24,25)/t6-/m0/s1. The lowest BCUT2D eigenvalue weighted by molar-refractivity contribution is -0.137. The van der Waals surface area contributed by atoms with E-state index in [-0.39, 0.29) is 22.1 Å². The van der Waals surface area contributed by atoms with Gasteiger partial charge in [-0.15, -0.1) is 0 Å². The van der Waals surface area contributed by atoms with Gasteiger partial charge in [0.15, 0.2) is 11.4 Å². The van der Waals surface area contributed by atoms with E-state index in [0.29, 0.717) is 11.0 Å². The molecule has 3 aromatic heterocycles. The molecular weight excluding hydrogens is 485 g/mol. The van der Waals surface area contributed by atoms with Crippen LogP contribution in [-0.4, -0.2) is 24.7 Å². The van der Waals surface area contributed by atoms with Crippen LogP contribution < -0.4 is 5.32 Å². The topological polar surface area (TPSA) is 81.7 Å². The Bertz CT molecular complexity index is 1160. The molecule has 0 aliphatic heterocycles. The van der Waals surface area contributed by atoms with Crippen LogP contribution in [0.1, 0.15) is 24.4 Å². The van der Waals surface area contributed by atoms with Crippen LogP contribution in [0.25, 0.3) is 16.2 Å². The number of thiazole rings is 1. The van der Waals surface area contributed by atoms with Crippen LogP contribution in [0.3, 0.4) is 0 Å². The summed E-state index contributed by atoms with van der Waals surface area (Å²) in [5.41, 5.74) is -0.832. The van der Waals surface area contributed by atoms with Crippen molar-refractivity contribution >= 4 is 56.0 Å². The van der Waals surface area contributed by atoms with Gasteiger partial charge in [0.2, 0.25) is 5.13 Å². The fourth-order valence-electron chi connectivity index (χ4n) is 2.50. The molecule has 0 fully saturated rings. The number of aromatic nitrogens is 5. The summed E-state index contributed by atoms with van der Waals surface area (Å²) >= 11 is 10.6. The van der Waals surface area contributed by atoms with Crippen molar-refractivity contribution in [3.05, 3.63) is 44.9 Å². The van der Waals surface area contributed by atoms with Crippen LogP contribution in [0.5, 0.6) is 0 Å². The second kappa shape index (κ2) is 7.01. The molecule has 0 aliphatic rings. The minimum atomic E-state index is -4.53. The third kappa shape index (κ3) is 3.59. The highest BCUT2D eigenvalue weighted by molar-refractivity contribution is 9.11. The minimum Gasteiger partial charge on any atom is -0.422 e. The van der Waals surface area contributed by atoms with E-state index in [0.717, 1.165) is 15.9 Å². The highest BCUT2D eigenvalue weighted by Gasteiger charge is 2.32. The molecule has 1 atom stereocenters. The predicted molar refractivity (Wildman–Crippen MR) is 101 cm³/mol. The fraction of sp³-hybridized carbons (Fsp3) is 0.200. The molecule has 1 N–H and O–H groups in total. The molecule has 146 valence electrons. The van der Waals surface area contributed by atoms with Gasteiger partial charge >= 0.3 is 6.18 Å². The molecular formula is C15H9BrClF3N6OS. The molecule has 4 aromatic rings. The molecule has 0 saturated carbocycles. The Labute approximate surface area is 172 Å². The summed E-state index contributed by atoms with van der Waals surface area (Å²) < 4.78 is 46.7. The Hall–Kier alpha value is -2.18. The van der Waals surface area contributed by atoms with E-state index in [9.17, 15) is 13.2 Å². The molecule has 0 radical (unpaired) electrons. The summed E-state index contributed by atoms with van der Waals surface area (Å²) in [6, 6.07) is 1.27. The van der Waals surface area contributed by atoms with Crippen LogP contribution >= 0.6 is 38.9 Å². The van der Waals surface area contributed by atoms with E-state index in [1.165, 1.54) is 17.7 Å². The number of nitrogens with zero attached hydrogens (tertiary/aromatic N) is 5. The number of nitrogens with one attached hydrogen (secondary N) is 1. The first kappa shape index (κ1) is 19.2. The molecule has 0 bridgehead atoms. The first-order valence-corrected chi connectivity index (χ1v) is 9.66. The SMILES string of the molecule is C[C@H](Nc1nc2cc(C(F)(F)F)cc(Cl)c2o1)c1ncnn1-c1ncc(Br)s1. The molecule has 0 spiro atoms. The Morgan fingerprint density at radius 1 is 1.32 bits per heavy atom. The third-order valence-corrected chi connectivity index (χ3v) is 5.45. The van der Waals surface area contributed by atoms with Gasteiger partial charge in [-0.25, -0.2) is 9.97 Å². The van der Waals surface area contributed by atoms with E-state index in [1.807, 2.05) is 0 Å². The Balaban J connectivity index is 1.64. The van der Waals surface area contributed by atoms with Gasteiger partial charge in [0.1, 0.15) is 11.8 Å². The monoisotopic (exact) mass is 492 g/mol. The zero-order valence-electron chi connectivity index (χ0n) is 13.8. The normalized spacial score (nSPS) is 13.2. The molecule has 0 amide bonds. The van der Waals surface area contributed by atoms with Gasteiger partial charge in [-0.05, 0) is 35.0 Å². The Morgan fingerprint density at radius 3 is 2.79 bits per heavy atom. The van der Waals surface area contributed by atoms with Crippen LogP contribution in [-0.2, 0) is 6.18 Å². The number of hydrogen-bond acceptors (Lipinski definition) is 7. The highest BCUT2D eigenvalue weighted by atomic mass is 79.9. The van der Waals surface area contributed by atoms with Crippen molar-refractivity contribution in [2.24, 2.45) is 0 Å². The molecule has 1 aromatic carbocycles. The molecule has 0 unspecified atom stereocenters. The zero-order valence-corrected chi connectivity index (χ0v) is 17.0. The number of rotatable bonds is 4. The fourth-order valence-corrected chi connectivity index (χ4v) is 3.91.